The Bertz CT molecular complexity index is 565. The van der Waals surface area contributed by atoms with Gasteiger partial charge in [-0.1, -0.05) is 0 Å². The van der Waals surface area contributed by atoms with Crippen molar-refractivity contribution in [2.45, 2.75) is 13.5 Å². The van der Waals surface area contributed by atoms with Gasteiger partial charge >= 0.3 is 0 Å². The highest BCUT2D eigenvalue weighted by molar-refractivity contribution is 9.10. The summed E-state index contributed by atoms with van der Waals surface area (Å²) in [6.07, 6.45) is 0.898. The van der Waals surface area contributed by atoms with E-state index in [9.17, 15) is 4.79 Å². The Morgan fingerprint density at radius 2 is 2.17 bits per heavy atom. The molecule has 0 fully saturated rings. The fourth-order valence-electron chi connectivity index (χ4n) is 1.79. The van der Waals surface area contributed by atoms with E-state index in [0.29, 0.717) is 0 Å². The van der Waals surface area contributed by atoms with Crippen molar-refractivity contribution >= 4 is 39.2 Å². The average Bonchev–Trinajstić information content (AvgIpc) is 2.74. The molecule has 0 aliphatic heterocycles. The molecule has 1 aromatic carbocycles. The number of aryl methyl sites for hydroxylation is 1. The molecule has 1 aromatic heterocycles. The number of benzene rings is 1. The Kier molecular flexibility index (Phi) is 4.19. The van der Waals surface area contributed by atoms with Gasteiger partial charge in [-0.05, 0) is 52.7 Å². The standard InChI is InChI=1S/C14H14BrNOS/c1-10-5-13(4-3-11(10)8-17)16(2)7-14-6-12(15)9-18-14/h3-6,8-9H,7H2,1-2H3. The highest BCUT2D eigenvalue weighted by Crippen LogP contribution is 2.24. The molecule has 0 saturated carbocycles. The lowest BCUT2D eigenvalue weighted by Crippen LogP contribution is -2.15. The molecule has 0 bridgehead atoms. The Morgan fingerprint density at radius 1 is 1.39 bits per heavy atom. The summed E-state index contributed by atoms with van der Waals surface area (Å²) in [4.78, 5) is 14.3. The minimum atomic E-state index is 0.756. The molecule has 94 valence electrons. The third-order valence-electron chi connectivity index (χ3n) is 2.84. The second-order valence-electron chi connectivity index (χ2n) is 4.25. The van der Waals surface area contributed by atoms with Gasteiger partial charge in [-0.25, -0.2) is 0 Å². The minimum Gasteiger partial charge on any atom is -0.369 e. The fourth-order valence-corrected chi connectivity index (χ4v) is 3.29. The topological polar surface area (TPSA) is 20.3 Å². The highest BCUT2D eigenvalue weighted by Gasteiger charge is 2.06. The summed E-state index contributed by atoms with van der Waals surface area (Å²) >= 11 is 5.20. The predicted molar refractivity (Wildman–Crippen MR) is 80.7 cm³/mol. The van der Waals surface area contributed by atoms with Crippen LogP contribution in [0.1, 0.15) is 20.8 Å². The van der Waals surface area contributed by atoms with Crippen molar-refractivity contribution in [1.82, 2.24) is 0 Å². The molecule has 2 aromatic rings. The number of halogens is 1. The Hall–Kier alpha value is -1.13. The summed E-state index contributed by atoms with van der Waals surface area (Å²) < 4.78 is 1.13. The molecule has 1 heterocycles. The Morgan fingerprint density at radius 3 is 2.72 bits per heavy atom. The van der Waals surface area contributed by atoms with Gasteiger partial charge in [-0.15, -0.1) is 11.3 Å². The van der Waals surface area contributed by atoms with Crippen LogP contribution < -0.4 is 4.90 Å². The van der Waals surface area contributed by atoms with Crippen molar-refractivity contribution in [3.05, 3.63) is 50.1 Å². The van der Waals surface area contributed by atoms with E-state index >= 15 is 0 Å². The van der Waals surface area contributed by atoms with E-state index in [4.69, 9.17) is 0 Å². The van der Waals surface area contributed by atoms with Crippen LogP contribution in [0.5, 0.6) is 0 Å². The summed E-state index contributed by atoms with van der Waals surface area (Å²) in [7, 11) is 2.06. The van der Waals surface area contributed by atoms with Crippen LogP contribution in [0.4, 0.5) is 5.69 Å². The normalized spacial score (nSPS) is 10.4. The van der Waals surface area contributed by atoms with Gasteiger partial charge in [0.1, 0.15) is 6.29 Å². The maximum absolute atomic E-state index is 10.8. The van der Waals surface area contributed by atoms with Gasteiger partial charge in [0.05, 0.1) is 6.54 Å². The zero-order valence-electron chi connectivity index (χ0n) is 10.3. The van der Waals surface area contributed by atoms with Crippen LogP contribution >= 0.6 is 27.3 Å². The second-order valence-corrected chi connectivity index (χ2v) is 6.16. The number of thiophene rings is 1. The molecular weight excluding hydrogens is 310 g/mol. The number of carbonyl (C=O) groups is 1. The SMILES string of the molecule is Cc1cc(N(C)Cc2cc(Br)cs2)ccc1C=O. The molecule has 2 nitrogen and oxygen atoms in total. The van der Waals surface area contributed by atoms with Crippen molar-refractivity contribution in [3.8, 4) is 0 Å². The first kappa shape index (κ1) is 13.3. The highest BCUT2D eigenvalue weighted by atomic mass is 79.9. The lowest BCUT2D eigenvalue weighted by molar-refractivity contribution is 0.112. The summed E-state index contributed by atoms with van der Waals surface area (Å²) in [6.45, 7) is 2.83. The van der Waals surface area contributed by atoms with Gasteiger partial charge < -0.3 is 4.90 Å². The van der Waals surface area contributed by atoms with Gasteiger partial charge in [-0.3, -0.25) is 4.79 Å². The summed E-state index contributed by atoms with van der Waals surface area (Å²) in [5.74, 6) is 0. The fraction of sp³-hybridized carbons (Fsp3) is 0.214. The van der Waals surface area contributed by atoms with Crippen molar-refractivity contribution in [2.24, 2.45) is 0 Å². The molecule has 2 rings (SSSR count). The van der Waals surface area contributed by atoms with Crippen molar-refractivity contribution < 1.29 is 4.79 Å². The zero-order chi connectivity index (χ0) is 13.1. The minimum absolute atomic E-state index is 0.756. The van der Waals surface area contributed by atoms with Gasteiger partial charge in [0, 0.05) is 33.0 Å². The van der Waals surface area contributed by atoms with Gasteiger partial charge in [0.25, 0.3) is 0 Å². The summed E-state index contributed by atoms with van der Waals surface area (Å²) in [6, 6.07) is 8.04. The third kappa shape index (κ3) is 3.00. The monoisotopic (exact) mass is 323 g/mol. The molecule has 0 N–H and O–H groups in total. The predicted octanol–water partition coefficient (Wildman–Crippen LogP) is 4.27. The number of anilines is 1. The number of aldehydes is 1. The molecule has 0 unspecified atom stereocenters. The number of rotatable bonds is 4. The maximum atomic E-state index is 10.8. The van der Waals surface area contributed by atoms with Gasteiger partial charge in [0.2, 0.25) is 0 Å². The molecule has 0 saturated heterocycles. The van der Waals surface area contributed by atoms with Crippen LogP contribution in [-0.4, -0.2) is 13.3 Å². The number of hydrogen-bond acceptors (Lipinski definition) is 3. The van der Waals surface area contributed by atoms with Crippen molar-refractivity contribution in [1.29, 1.82) is 0 Å². The van der Waals surface area contributed by atoms with Crippen molar-refractivity contribution in [3.63, 3.8) is 0 Å². The van der Waals surface area contributed by atoms with Crippen LogP contribution in [0.25, 0.3) is 0 Å². The number of hydrogen-bond donors (Lipinski definition) is 0. The first-order valence-electron chi connectivity index (χ1n) is 5.60. The Balaban J connectivity index is 2.16. The quantitative estimate of drug-likeness (QED) is 0.783. The van der Waals surface area contributed by atoms with Crippen LogP contribution in [0.3, 0.4) is 0 Å². The van der Waals surface area contributed by atoms with Crippen LogP contribution in [0.2, 0.25) is 0 Å². The zero-order valence-corrected chi connectivity index (χ0v) is 12.7. The smallest absolute Gasteiger partial charge is 0.150 e. The average molecular weight is 324 g/mol. The van der Waals surface area contributed by atoms with E-state index in [1.54, 1.807) is 11.3 Å². The molecule has 4 heteroatoms. The van der Waals surface area contributed by atoms with Crippen LogP contribution in [-0.2, 0) is 6.54 Å². The Labute approximate surface area is 119 Å². The van der Waals surface area contributed by atoms with E-state index < -0.39 is 0 Å². The molecule has 0 amide bonds. The van der Waals surface area contributed by atoms with Crippen LogP contribution in [0, 0.1) is 6.92 Å². The first-order chi connectivity index (χ1) is 8.60. The van der Waals surface area contributed by atoms with Gasteiger partial charge in [-0.2, -0.15) is 0 Å². The molecule has 0 radical (unpaired) electrons. The number of carbonyl (C=O) groups excluding carboxylic acids is 1. The van der Waals surface area contributed by atoms with Crippen LogP contribution in [0.15, 0.2) is 34.1 Å². The van der Waals surface area contributed by atoms with E-state index in [1.807, 2.05) is 25.1 Å². The summed E-state index contributed by atoms with van der Waals surface area (Å²) in [5, 5.41) is 2.09. The third-order valence-corrected chi connectivity index (χ3v) is 4.52. The van der Waals surface area contributed by atoms with E-state index in [-0.39, 0.29) is 0 Å². The van der Waals surface area contributed by atoms with E-state index in [2.05, 4.69) is 39.3 Å². The molecular formula is C14H14BrNOS. The molecule has 0 aliphatic carbocycles. The second kappa shape index (κ2) is 5.67. The van der Waals surface area contributed by atoms with Crippen molar-refractivity contribution in [2.75, 3.05) is 11.9 Å². The van der Waals surface area contributed by atoms with E-state index in [1.165, 1.54) is 4.88 Å². The molecule has 0 aliphatic rings. The molecule has 18 heavy (non-hydrogen) atoms. The number of nitrogens with zero attached hydrogens (tertiary/aromatic N) is 1. The lowest BCUT2D eigenvalue weighted by Gasteiger charge is -2.19. The molecule has 0 atom stereocenters. The van der Waals surface area contributed by atoms with E-state index in [0.717, 1.165) is 34.1 Å². The first-order valence-corrected chi connectivity index (χ1v) is 7.27. The maximum Gasteiger partial charge on any atom is 0.150 e. The lowest BCUT2D eigenvalue weighted by atomic mass is 10.1. The summed E-state index contributed by atoms with van der Waals surface area (Å²) in [5.41, 5.74) is 2.90. The van der Waals surface area contributed by atoms with Gasteiger partial charge in [0.15, 0.2) is 0 Å². The largest absolute Gasteiger partial charge is 0.369 e. The molecule has 0 spiro atoms.